The van der Waals surface area contributed by atoms with Gasteiger partial charge in [0, 0.05) is 19.3 Å². The smallest absolute Gasteiger partial charge is 0.307 e. The van der Waals surface area contributed by atoms with Gasteiger partial charge in [0.25, 0.3) is 0 Å². The molecule has 1 aromatic rings. The average molecular weight is 439 g/mol. The van der Waals surface area contributed by atoms with Crippen molar-refractivity contribution in [2.45, 2.75) is 97.0 Å². The molecule has 0 aliphatic rings. The minimum atomic E-state index is -0.937. The number of aliphatic carboxylic acids is 1. The summed E-state index contributed by atoms with van der Waals surface area (Å²) in [6, 6.07) is 2.19. The number of carboxylic acids is 1. The van der Waals surface area contributed by atoms with E-state index in [-0.39, 0.29) is 12.4 Å². The van der Waals surface area contributed by atoms with Crippen LogP contribution in [0.2, 0.25) is 0 Å². The first-order valence-corrected chi connectivity index (χ1v) is 11.9. The molecule has 0 spiro atoms. The fraction of sp³-hybridized carbons (Fsp3) is 0.760. The fourth-order valence-corrected chi connectivity index (χ4v) is 3.77. The van der Waals surface area contributed by atoms with Gasteiger partial charge in [0.1, 0.15) is 18.1 Å². The Balaban J connectivity index is 2.15. The van der Waals surface area contributed by atoms with Gasteiger partial charge in [-0.2, -0.15) is 0 Å². The minimum Gasteiger partial charge on any atom is -0.481 e. The highest BCUT2D eigenvalue weighted by atomic mass is 16.5. The van der Waals surface area contributed by atoms with E-state index in [1.54, 1.807) is 0 Å². The summed E-state index contributed by atoms with van der Waals surface area (Å²) in [5, 5.41) is 9.03. The van der Waals surface area contributed by atoms with Gasteiger partial charge in [-0.25, -0.2) is 0 Å². The van der Waals surface area contributed by atoms with Gasteiger partial charge in [-0.1, -0.05) is 39.0 Å². The molecule has 1 N–H and O–H groups in total. The molecule has 0 aromatic carbocycles. The predicted molar refractivity (Wildman–Crippen MR) is 123 cm³/mol. The Bertz CT molecular complexity index is 659. The van der Waals surface area contributed by atoms with Gasteiger partial charge in [0.2, 0.25) is 0 Å². The number of quaternary nitrogens is 1. The second-order valence-electron chi connectivity index (χ2n) is 9.73. The number of hydrogen-bond donors (Lipinski definition) is 1. The second kappa shape index (κ2) is 14.3. The van der Waals surface area contributed by atoms with Crippen LogP contribution in [0.15, 0.2) is 10.5 Å². The Morgan fingerprint density at radius 1 is 1.03 bits per heavy atom. The SMILES string of the molecule is CCCCc1cc(C)c(CCCCCCCCC(=O)OC(CC(=O)O)C[N+](C)(C)C)o1. The average Bonchev–Trinajstić information content (AvgIpc) is 2.99. The molecule has 31 heavy (non-hydrogen) atoms. The summed E-state index contributed by atoms with van der Waals surface area (Å²) >= 11 is 0. The van der Waals surface area contributed by atoms with Crippen molar-refractivity contribution in [1.29, 1.82) is 0 Å². The molecule has 1 rings (SSSR count). The van der Waals surface area contributed by atoms with Gasteiger partial charge in [-0.3, -0.25) is 9.59 Å². The van der Waals surface area contributed by atoms with Crippen LogP contribution in [0.1, 0.15) is 88.2 Å². The van der Waals surface area contributed by atoms with Gasteiger partial charge in [0.15, 0.2) is 6.10 Å². The van der Waals surface area contributed by atoms with Crippen molar-refractivity contribution >= 4 is 11.9 Å². The highest BCUT2D eigenvalue weighted by Gasteiger charge is 2.24. The normalized spacial score (nSPS) is 12.7. The molecule has 1 aromatic heterocycles. The number of aryl methyl sites for hydroxylation is 3. The lowest BCUT2D eigenvalue weighted by Crippen LogP contribution is -2.43. The molecule has 0 aliphatic carbocycles. The van der Waals surface area contributed by atoms with E-state index in [2.05, 4.69) is 19.9 Å². The number of nitrogens with zero attached hydrogens (tertiary/aromatic N) is 1. The quantitative estimate of drug-likeness (QED) is 0.203. The maximum absolute atomic E-state index is 12.1. The van der Waals surface area contributed by atoms with Crippen LogP contribution < -0.4 is 0 Å². The number of hydrogen-bond acceptors (Lipinski definition) is 4. The topological polar surface area (TPSA) is 76.7 Å². The molecule has 0 fully saturated rings. The zero-order chi connectivity index (χ0) is 23.3. The van der Waals surface area contributed by atoms with Crippen LogP contribution in [-0.4, -0.2) is 55.3 Å². The van der Waals surface area contributed by atoms with E-state index in [4.69, 9.17) is 14.3 Å². The molecule has 1 unspecified atom stereocenters. The second-order valence-corrected chi connectivity index (χ2v) is 9.73. The van der Waals surface area contributed by atoms with Crippen LogP contribution >= 0.6 is 0 Å². The summed E-state index contributed by atoms with van der Waals surface area (Å²) in [7, 11) is 5.88. The summed E-state index contributed by atoms with van der Waals surface area (Å²) < 4.78 is 12.0. The zero-order valence-corrected chi connectivity index (χ0v) is 20.4. The summed E-state index contributed by atoms with van der Waals surface area (Å²) in [6.07, 6.45) is 10.4. The third kappa shape index (κ3) is 13.2. The number of unbranched alkanes of at least 4 members (excludes halogenated alkanes) is 6. The maximum atomic E-state index is 12.1. The Labute approximate surface area is 188 Å². The van der Waals surface area contributed by atoms with Crippen LogP contribution in [0, 0.1) is 6.92 Å². The molecule has 6 nitrogen and oxygen atoms in total. The Hall–Kier alpha value is -1.82. The lowest BCUT2D eigenvalue weighted by molar-refractivity contribution is -0.873. The van der Waals surface area contributed by atoms with Crippen molar-refractivity contribution in [3.8, 4) is 0 Å². The third-order valence-electron chi connectivity index (χ3n) is 5.33. The molecule has 0 radical (unpaired) electrons. The largest absolute Gasteiger partial charge is 0.481 e. The Morgan fingerprint density at radius 2 is 1.68 bits per heavy atom. The first kappa shape index (κ1) is 27.2. The molecule has 0 aliphatic heterocycles. The number of rotatable bonds is 17. The minimum absolute atomic E-state index is 0.142. The summed E-state index contributed by atoms with van der Waals surface area (Å²) in [5.41, 5.74) is 1.27. The van der Waals surface area contributed by atoms with E-state index in [1.165, 1.54) is 24.8 Å². The van der Waals surface area contributed by atoms with E-state index < -0.39 is 12.1 Å². The molecule has 0 bridgehead atoms. The predicted octanol–water partition coefficient (Wildman–Crippen LogP) is 5.30. The van der Waals surface area contributed by atoms with Crippen molar-refractivity contribution in [2.24, 2.45) is 0 Å². The van der Waals surface area contributed by atoms with Crippen LogP contribution in [-0.2, 0) is 27.2 Å². The fourth-order valence-electron chi connectivity index (χ4n) is 3.77. The number of esters is 1. The van der Waals surface area contributed by atoms with Crippen molar-refractivity contribution in [3.63, 3.8) is 0 Å². The molecule has 0 amide bonds. The number of likely N-dealkylation sites (N-methyl/N-ethyl adjacent to an activating group) is 1. The van der Waals surface area contributed by atoms with Crippen LogP contribution in [0.25, 0.3) is 0 Å². The molecular formula is C25H44NO5+. The lowest BCUT2D eigenvalue weighted by atomic mass is 10.1. The molecular weight excluding hydrogens is 394 g/mol. The highest BCUT2D eigenvalue weighted by Crippen LogP contribution is 2.19. The van der Waals surface area contributed by atoms with E-state index in [9.17, 15) is 9.59 Å². The zero-order valence-electron chi connectivity index (χ0n) is 20.4. The number of ether oxygens (including phenoxy) is 1. The highest BCUT2D eigenvalue weighted by molar-refractivity contribution is 5.71. The van der Waals surface area contributed by atoms with Crippen molar-refractivity contribution in [1.82, 2.24) is 0 Å². The van der Waals surface area contributed by atoms with E-state index in [0.29, 0.717) is 17.4 Å². The Kier molecular flexibility index (Phi) is 12.5. The third-order valence-corrected chi connectivity index (χ3v) is 5.33. The summed E-state index contributed by atoms with van der Waals surface area (Å²) in [4.78, 5) is 23.1. The Morgan fingerprint density at radius 3 is 2.29 bits per heavy atom. The number of carbonyl (C=O) groups excluding carboxylic acids is 1. The molecule has 0 saturated carbocycles. The maximum Gasteiger partial charge on any atom is 0.307 e. The number of carbonyl (C=O) groups is 2. The monoisotopic (exact) mass is 438 g/mol. The standard InChI is InChI=1S/C25H43NO5/c1-6-7-14-21-17-20(2)23(30-21)15-12-10-8-9-11-13-16-25(29)31-22(18-24(27)28)19-26(3,4)5/h17,22H,6-16,18-19H2,1-5H3/p+1. The van der Waals surface area contributed by atoms with Crippen LogP contribution in [0.5, 0.6) is 0 Å². The molecule has 1 heterocycles. The van der Waals surface area contributed by atoms with Crippen molar-refractivity contribution < 1.29 is 28.3 Å². The van der Waals surface area contributed by atoms with Gasteiger partial charge in [0.05, 0.1) is 27.6 Å². The van der Waals surface area contributed by atoms with E-state index in [0.717, 1.165) is 56.5 Å². The molecule has 178 valence electrons. The van der Waals surface area contributed by atoms with Crippen molar-refractivity contribution in [2.75, 3.05) is 27.7 Å². The number of carboxylic acid groups (broad SMARTS) is 1. The first-order valence-electron chi connectivity index (χ1n) is 11.9. The van der Waals surface area contributed by atoms with Gasteiger partial charge >= 0.3 is 11.9 Å². The summed E-state index contributed by atoms with van der Waals surface area (Å²) in [5.74, 6) is 1.03. The van der Waals surface area contributed by atoms with Gasteiger partial charge in [-0.15, -0.1) is 0 Å². The molecule has 6 heteroatoms. The summed E-state index contributed by atoms with van der Waals surface area (Å²) in [6.45, 7) is 4.82. The van der Waals surface area contributed by atoms with E-state index >= 15 is 0 Å². The molecule has 0 saturated heterocycles. The van der Waals surface area contributed by atoms with Gasteiger partial charge in [-0.05, 0) is 37.8 Å². The van der Waals surface area contributed by atoms with Crippen molar-refractivity contribution in [3.05, 3.63) is 23.2 Å². The van der Waals surface area contributed by atoms with Crippen LogP contribution in [0.3, 0.4) is 0 Å². The first-order chi connectivity index (χ1) is 14.6. The van der Waals surface area contributed by atoms with Gasteiger partial charge < -0.3 is 18.7 Å². The van der Waals surface area contributed by atoms with E-state index in [1.807, 2.05) is 21.1 Å². The lowest BCUT2D eigenvalue weighted by Gasteiger charge is -2.28. The molecule has 1 atom stereocenters. The number of furan rings is 1. The van der Waals surface area contributed by atoms with Crippen LogP contribution in [0.4, 0.5) is 0 Å².